The highest BCUT2D eigenvalue weighted by molar-refractivity contribution is 6.01. The molecule has 3 N–H and O–H groups in total. The zero-order chi connectivity index (χ0) is 14.0. The van der Waals surface area contributed by atoms with Gasteiger partial charge >= 0.3 is 0 Å². The number of pyridine rings is 1. The quantitative estimate of drug-likeness (QED) is 0.375. The van der Waals surface area contributed by atoms with Crippen molar-refractivity contribution in [3.8, 4) is 0 Å². The molecular formula is C12H16F2N4O. The molecule has 0 aromatic carbocycles. The zero-order valence-corrected chi connectivity index (χ0v) is 10.6. The Balaban J connectivity index is 2.45. The number of nitrogens with two attached hydrogens (primary N) is 1. The summed E-state index contributed by atoms with van der Waals surface area (Å²) in [6.45, 7) is -0.447. The van der Waals surface area contributed by atoms with Crippen molar-refractivity contribution in [1.82, 2.24) is 4.98 Å². The van der Waals surface area contributed by atoms with Gasteiger partial charge in [0.05, 0.1) is 12.1 Å². The Labute approximate surface area is 109 Å². The first-order valence-electron chi connectivity index (χ1n) is 6.03. The number of amidine groups is 1. The van der Waals surface area contributed by atoms with E-state index < -0.39 is 13.0 Å². The molecule has 0 spiro atoms. The number of hydrogen-bond donors (Lipinski definition) is 2. The van der Waals surface area contributed by atoms with Crippen LogP contribution in [0.15, 0.2) is 11.2 Å². The summed E-state index contributed by atoms with van der Waals surface area (Å²) in [5.74, 6) is 0.217. The first kappa shape index (κ1) is 13.5. The summed E-state index contributed by atoms with van der Waals surface area (Å²) in [6, 6.07) is 1.78. The van der Waals surface area contributed by atoms with Crippen LogP contribution < -0.4 is 10.6 Å². The van der Waals surface area contributed by atoms with Crippen LogP contribution in [-0.4, -0.2) is 36.0 Å². The highest BCUT2D eigenvalue weighted by Gasteiger charge is 2.21. The van der Waals surface area contributed by atoms with Gasteiger partial charge in [0.25, 0.3) is 6.43 Å². The number of oxime groups is 1. The van der Waals surface area contributed by atoms with Crippen molar-refractivity contribution in [3.05, 3.63) is 22.9 Å². The van der Waals surface area contributed by atoms with Gasteiger partial charge in [0, 0.05) is 12.7 Å². The summed E-state index contributed by atoms with van der Waals surface area (Å²) in [7, 11) is 1.52. The van der Waals surface area contributed by atoms with Gasteiger partial charge in [0.1, 0.15) is 5.82 Å². The molecule has 7 heteroatoms. The zero-order valence-electron chi connectivity index (χ0n) is 10.6. The third kappa shape index (κ3) is 2.74. The van der Waals surface area contributed by atoms with Crippen molar-refractivity contribution in [2.45, 2.75) is 25.7 Å². The largest absolute Gasteiger partial charge is 0.409 e. The van der Waals surface area contributed by atoms with Gasteiger partial charge in [-0.25, -0.2) is 13.8 Å². The van der Waals surface area contributed by atoms with Crippen LogP contribution in [0.5, 0.6) is 0 Å². The number of rotatable bonds is 4. The molecule has 1 heterocycles. The minimum absolute atomic E-state index is 0.113. The SMILES string of the molecule is CN(CC(F)F)c1nc2c(cc1C(N)=NO)CCC2. The fraction of sp³-hybridized carbons (Fsp3) is 0.500. The average Bonchev–Trinajstić information content (AvgIpc) is 2.82. The smallest absolute Gasteiger partial charge is 0.255 e. The number of halogens is 2. The third-order valence-corrected chi connectivity index (χ3v) is 3.19. The Kier molecular flexibility index (Phi) is 3.82. The summed E-state index contributed by atoms with van der Waals surface area (Å²) in [5.41, 5.74) is 7.94. The molecule has 1 aromatic rings. The number of aromatic nitrogens is 1. The van der Waals surface area contributed by atoms with Crippen LogP contribution in [0.3, 0.4) is 0 Å². The van der Waals surface area contributed by atoms with E-state index >= 15 is 0 Å². The van der Waals surface area contributed by atoms with E-state index in [1.165, 1.54) is 11.9 Å². The molecule has 0 fully saturated rings. The number of nitrogens with zero attached hydrogens (tertiary/aromatic N) is 3. The van der Waals surface area contributed by atoms with E-state index in [1.54, 1.807) is 6.07 Å². The Morgan fingerprint density at radius 2 is 2.32 bits per heavy atom. The molecule has 0 aliphatic heterocycles. The molecule has 1 aliphatic rings. The van der Waals surface area contributed by atoms with Crippen LogP contribution >= 0.6 is 0 Å². The van der Waals surface area contributed by atoms with Gasteiger partial charge in [0.15, 0.2) is 5.84 Å². The van der Waals surface area contributed by atoms with Crippen molar-refractivity contribution < 1.29 is 14.0 Å². The maximum atomic E-state index is 12.5. The van der Waals surface area contributed by atoms with E-state index in [4.69, 9.17) is 10.9 Å². The summed E-state index contributed by atoms with van der Waals surface area (Å²) in [4.78, 5) is 5.73. The maximum Gasteiger partial charge on any atom is 0.255 e. The fourth-order valence-electron chi connectivity index (χ4n) is 2.29. The first-order valence-corrected chi connectivity index (χ1v) is 6.03. The van der Waals surface area contributed by atoms with Crippen molar-refractivity contribution in [3.63, 3.8) is 0 Å². The third-order valence-electron chi connectivity index (χ3n) is 3.19. The number of anilines is 1. The Bertz CT molecular complexity index is 505. The van der Waals surface area contributed by atoms with Gasteiger partial charge in [-0.15, -0.1) is 0 Å². The van der Waals surface area contributed by atoms with Gasteiger partial charge < -0.3 is 15.8 Å². The lowest BCUT2D eigenvalue weighted by atomic mass is 10.1. The van der Waals surface area contributed by atoms with Crippen LogP contribution in [0.4, 0.5) is 14.6 Å². The second kappa shape index (κ2) is 5.38. The van der Waals surface area contributed by atoms with Crippen LogP contribution in [0, 0.1) is 0 Å². The molecule has 0 saturated carbocycles. The molecule has 2 rings (SSSR count). The van der Waals surface area contributed by atoms with E-state index in [-0.39, 0.29) is 5.84 Å². The molecule has 0 radical (unpaired) electrons. The Morgan fingerprint density at radius 3 is 2.95 bits per heavy atom. The van der Waals surface area contributed by atoms with E-state index in [0.29, 0.717) is 11.4 Å². The van der Waals surface area contributed by atoms with Gasteiger partial charge in [-0.05, 0) is 30.9 Å². The monoisotopic (exact) mass is 270 g/mol. The Hall–Kier alpha value is -1.92. The van der Waals surface area contributed by atoms with Crippen LogP contribution in [0.25, 0.3) is 0 Å². The maximum absolute atomic E-state index is 12.5. The van der Waals surface area contributed by atoms with E-state index in [2.05, 4.69) is 10.1 Å². The van der Waals surface area contributed by atoms with Gasteiger partial charge in [-0.2, -0.15) is 0 Å². The number of aryl methyl sites for hydroxylation is 2. The minimum atomic E-state index is -2.47. The first-order chi connectivity index (χ1) is 9.02. The molecular weight excluding hydrogens is 254 g/mol. The van der Waals surface area contributed by atoms with Gasteiger partial charge in [0.2, 0.25) is 0 Å². The van der Waals surface area contributed by atoms with Crippen molar-refractivity contribution in [2.24, 2.45) is 10.9 Å². The number of alkyl halides is 2. The number of hydrogen-bond acceptors (Lipinski definition) is 4. The van der Waals surface area contributed by atoms with E-state index in [1.807, 2.05) is 0 Å². The normalized spacial score (nSPS) is 14.8. The second-order valence-corrected chi connectivity index (χ2v) is 4.58. The second-order valence-electron chi connectivity index (χ2n) is 4.58. The van der Waals surface area contributed by atoms with E-state index in [9.17, 15) is 8.78 Å². The minimum Gasteiger partial charge on any atom is -0.409 e. The summed E-state index contributed by atoms with van der Waals surface area (Å²) >= 11 is 0. The molecule has 0 atom stereocenters. The topological polar surface area (TPSA) is 74.7 Å². The lowest BCUT2D eigenvalue weighted by Gasteiger charge is -2.21. The molecule has 1 aliphatic carbocycles. The molecule has 1 aromatic heterocycles. The highest BCUT2D eigenvalue weighted by atomic mass is 19.3. The number of fused-ring (bicyclic) bond motifs is 1. The molecule has 0 unspecified atom stereocenters. The van der Waals surface area contributed by atoms with Crippen LogP contribution in [0.1, 0.15) is 23.2 Å². The summed E-state index contributed by atoms with van der Waals surface area (Å²) < 4.78 is 25.0. The van der Waals surface area contributed by atoms with Crippen molar-refractivity contribution in [2.75, 3.05) is 18.5 Å². The highest BCUT2D eigenvalue weighted by Crippen LogP contribution is 2.27. The van der Waals surface area contributed by atoms with Crippen molar-refractivity contribution in [1.29, 1.82) is 0 Å². The fourth-order valence-corrected chi connectivity index (χ4v) is 2.29. The average molecular weight is 270 g/mol. The van der Waals surface area contributed by atoms with Crippen LogP contribution in [-0.2, 0) is 12.8 Å². The predicted molar refractivity (Wildman–Crippen MR) is 68.0 cm³/mol. The van der Waals surface area contributed by atoms with Crippen molar-refractivity contribution >= 4 is 11.7 Å². The lowest BCUT2D eigenvalue weighted by molar-refractivity contribution is 0.156. The predicted octanol–water partition coefficient (Wildman–Crippen LogP) is 1.37. The van der Waals surface area contributed by atoms with Gasteiger partial charge in [-0.1, -0.05) is 5.16 Å². The van der Waals surface area contributed by atoms with Crippen LogP contribution in [0.2, 0.25) is 0 Å². The van der Waals surface area contributed by atoms with Gasteiger partial charge in [-0.3, -0.25) is 0 Å². The molecule has 0 saturated heterocycles. The molecule has 0 amide bonds. The summed E-state index contributed by atoms with van der Waals surface area (Å²) in [6.07, 6.45) is 0.230. The molecule has 5 nitrogen and oxygen atoms in total. The standard InChI is InChI=1S/C12H16F2N4O/c1-18(6-10(13)14)12-8(11(15)17-19)5-7-3-2-4-9(7)16-12/h5,10,19H,2-4,6H2,1H3,(H2,15,17). The molecule has 19 heavy (non-hydrogen) atoms. The Morgan fingerprint density at radius 1 is 1.58 bits per heavy atom. The van der Waals surface area contributed by atoms with E-state index in [0.717, 1.165) is 30.5 Å². The molecule has 0 bridgehead atoms. The molecule has 104 valence electrons. The summed E-state index contributed by atoms with van der Waals surface area (Å²) in [5, 5.41) is 11.7. The lowest BCUT2D eigenvalue weighted by Crippen LogP contribution is -2.29.